The van der Waals surface area contributed by atoms with E-state index in [0.29, 0.717) is 22.7 Å². The predicted molar refractivity (Wildman–Crippen MR) is 95.4 cm³/mol. The molecule has 6 nitrogen and oxygen atoms in total. The number of carbonyl (C=O) groups excluding carboxylic acids is 1. The lowest BCUT2D eigenvalue weighted by Crippen LogP contribution is -2.26. The molecule has 1 aromatic carbocycles. The van der Waals surface area contributed by atoms with E-state index in [0.717, 1.165) is 5.56 Å². The summed E-state index contributed by atoms with van der Waals surface area (Å²) in [5, 5.41) is 2.72. The summed E-state index contributed by atoms with van der Waals surface area (Å²) >= 11 is 0. The van der Waals surface area contributed by atoms with Crippen LogP contribution >= 0.6 is 0 Å². The molecular weight excluding hydrogens is 338 g/mol. The molecule has 0 spiro atoms. The van der Waals surface area contributed by atoms with Crippen LogP contribution in [0, 0.1) is 6.92 Å². The highest BCUT2D eigenvalue weighted by atomic mass is 32.2. The fraction of sp³-hybridized carbons (Fsp3) is 0.222. The lowest BCUT2D eigenvalue weighted by Gasteiger charge is -2.05. The van der Waals surface area contributed by atoms with Crippen molar-refractivity contribution in [3.63, 3.8) is 0 Å². The molecule has 2 heterocycles. The Kier molecular flexibility index (Phi) is 4.85. The first kappa shape index (κ1) is 17.2. The number of rotatable bonds is 6. The zero-order valence-electron chi connectivity index (χ0n) is 13.8. The third-order valence-corrected chi connectivity index (χ3v) is 5.64. The summed E-state index contributed by atoms with van der Waals surface area (Å²) in [7, 11) is -3.32. The van der Waals surface area contributed by atoms with Crippen molar-refractivity contribution in [1.82, 2.24) is 14.7 Å². The maximum Gasteiger partial charge on any atom is 0.271 e. The molecule has 0 aliphatic heterocycles. The van der Waals surface area contributed by atoms with Gasteiger partial charge in [-0.3, -0.25) is 4.79 Å². The number of hydrogen-bond acceptors (Lipinski definition) is 4. The maximum atomic E-state index is 12.2. The minimum atomic E-state index is -3.32. The largest absolute Gasteiger partial charge is 0.351 e. The maximum absolute atomic E-state index is 12.2. The highest BCUT2D eigenvalue weighted by Gasteiger charge is 2.14. The highest BCUT2D eigenvalue weighted by Crippen LogP contribution is 2.11. The van der Waals surface area contributed by atoms with Crippen molar-refractivity contribution in [3.8, 4) is 0 Å². The molecule has 0 atom stereocenters. The average molecular weight is 357 g/mol. The molecule has 3 rings (SSSR count). The van der Waals surface area contributed by atoms with E-state index < -0.39 is 9.84 Å². The minimum Gasteiger partial charge on any atom is -0.351 e. The van der Waals surface area contributed by atoms with Crippen LogP contribution in [0.15, 0.2) is 59.8 Å². The van der Waals surface area contributed by atoms with E-state index in [1.54, 1.807) is 40.9 Å². The van der Waals surface area contributed by atoms with Gasteiger partial charge in [0.05, 0.1) is 10.6 Å². The smallest absolute Gasteiger partial charge is 0.271 e. The zero-order valence-corrected chi connectivity index (χ0v) is 14.7. The Hall–Kier alpha value is -2.67. The summed E-state index contributed by atoms with van der Waals surface area (Å²) in [5.74, 6) is -0.319. The number of fused-ring (bicyclic) bond motifs is 1. The number of sulfone groups is 1. The van der Waals surface area contributed by atoms with Crippen molar-refractivity contribution >= 4 is 21.4 Å². The van der Waals surface area contributed by atoms with E-state index in [1.807, 2.05) is 25.3 Å². The number of amides is 1. The third-order valence-electron chi connectivity index (χ3n) is 3.83. The number of benzene rings is 1. The molecule has 0 aliphatic rings. The monoisotopic (exact) mass is 357 g/mol. The van der Waals surface area contributed by atoms with Gasteiger partial charge in [-0.2, -0.15) is 0 Å². The molecule has 0 unspecified atom stereocenters. The van der Waals surface area contributed by atoms with E-state index in [-0.39, 0.29) is 18.2 Å². The predicted octanol–water partition coefficient (Wildman–Crippen LogP) is 2.24. The lowest BCUT2D eigenvalue weighted by molar-refractivity contribution is 0.0949. The van der Waals surface area contributed by atoms with Gasteiger partial charge in [0.2, 0.25) is 0 Å². The zero-order chi connectivity index (χ0) is 17.9. The highest BCUT2D eigenvalue weighted by molar-refractivity contribution is 7.91. The van der Waals surface area contributed by atoms with Crippen LogP contribution in [0.2, 0.25) is 0 Å². The second kappa shape index (κ2) is 7.06. The van der Waals surface area contributed by atoms with Crippen LogP contribution in [0.1, 0.15) is 22.5 Å². The fourth-order valence-corrected chi connectivity index (χ4v) is 3.83. The van der Waals surface area contributed by atoms with Crippen LogP contribution in [0.5, 0.6) is 0 Å². The second-order valence-electron chi connectivity index (χ2n) is 5.84. The van der Waals surface area contributed by atoms with E-state index >= 15 is 0 Å². The number of pyridine rings is 1. The van der Waals surface area contributed by atoms with Gasteiger partial charge in [0, 0.05) is 18.9 Å². The first-order valence-corrected chi connectivity index (χ1v) is 9.62. The van der Waals surface area contributed by atoms with E-state index in [1.165, 1.54) is 0 Å². The first-order chi connectivity index (χ1) is 12.0. The quantitative estimate of drug-likeness (QED) is 0.686. The first-order valence-electron chi connectivity index (χ1n) is 7.97. The minimum absolute atomic E-state index is 0.0122. The van der Waals surface area contributed by atoms with Crippen molar-refractivity contribution in [1.29, 1.82) is 0 Å². The molecule has 0 fully saturated rings. The molecule has 7 heteroatoms. The lowest BCUT2D eigenvalue weighted by atomic mass is 10.3. The average Bonchev–Trinajstić information content (AvgIpc) is 3.02. The molecule has 0 radical (unpaired) electrons. The summed E-state index contributed by atoms with van der Waals surface area (Å²) in [6, 6.07) is 12.1. The molecule has 130 valence electrons. The Balaban J connectivity index is 1.55. The van der Waals surface area contributed by atoms with Gasteiger partial charge in [-0.05, 0) is 43.2 Å². The number of nitrogens with zero attached hydrogens (tertiary/aromatic N) is 2. The fourth-order valence-electron chi connectivity index (χ4n) is 2.49. The van der Waals surface area contributed by atoms with Gasteiger partial charge in [0.25, 0.3) is 5.91 Å². The SMILES string of the molecule is Cc1ccn2cc(C(=O)NCCCS(=O)(=O)c3ccccc3)nc2c1. The third kappa shape index (κ3) is 4.06. The van der Waals surface area contributed by atoms with Crippen LogP contribution in [0.3, 0.4) is 0 Å². The van der Waals surface area contributed by atoms with Gasteiger partial charge in [0.15, 0.2) is 9.84 Å². The van der Waals surface area contributed by atoms with E-state index in [4.69, 9.17) is 0 Å². The Morgan fingerprint density at radius 1 is 1.20 bits per heavy atom. The van der Waals surface area contributed by atoms with Gasteiger partial charge < -0.3 is 9.72 Å². The number of carbonyl (C=O) groups is 1. The van der Waals surface area contributed by atoms with Crippen molar-refractivity contribution in [3.05, 3.63) is 66.1 Å². The summed E-state index contributed by atoms with van der Waals surface area (Å²) in [4.78, 5) is 16.7. The van der Waals surface area contributed by atoms with Gasteiger partial charge in [-0.1, -0.05) is 18.2 Å². The number of imidazole rings is 1. The van der Waals surface area contributed by atoms with Crippen LogP contribution < -0.4 is 5.32 Å². The summed E-state index contributed by atoms with van der Waals surface area (Å²) < 4.78 is 26.1. The number of aromatic nitrogens is 2. The molecule has 25 heavy (non-hydrogen) atoms. The van der Waals surface area contributed by atoms with Gasteiger partial charge in [-0.15, -0.1) is 0 Å². The van der Waals surface area contributed by atoms with Crippen molar-refractivity contribution in [2.45, 2.75) is 18.2 Å². The number of nitrogens with one attached hydrogen (secondary N) is 1. The van der Waals surface area contributed by atoms with E-state index in [2.05, 4.69) is 10.3 Å². The van der Waals surface area contributed by atoms with Crippen molar-refractivity contribution < 1.29 is 13.2 Å². The van der Waals surface area contributed by atoms with Gasteiger partial charge in [0.1, 0.15) is 11.3 Å². The molecular formula is C18H19N3O3S. The van der Waals surface area contributed by atoms with Crippen LogP contribution in [-0.2, 0) is 9.84 Å². The van der Waals surface area contributed by atoms with Crippen LogP contribution in [0.25, 0.3) is 5.65 Å². The van der Waals surface area contributed by atoms with E-state index in [9.17, 15) is 13.2 Å². The Labute approximate surface area is 146 Å². The molecule has 0 bridgehead atoms. The summed E-state index contributed by atoms with van der Waals surface area (Å²) in [6.45, 7) is 2.24. The normalized spacial score (nSPS) is 11.6. The molecule has 2 aromatic heterocycles. The summed E-state index contributed by atoms with van der Waals surface area (Å²) in [5.41, 5.74) is 2.09. The van der Waals surface area contributed by atoms with Crippen molar-refractivity contribution in [2.24, 2.45) is 0 Å². The summed E-state index contributed by atoms with van der Waals surface area (Å²) in [6.07, 6.45) is 3.85. The molecule has 0 saturated heterocycles. The van der Waals surface area contributed by atoms with Gasteiger partial charge in [-0.25, -0.2) is 13.4 Å². The van der Waals surface area contributed by atoms with Crippen LogP contribution in [0.4, 0.5) is 0 Å². The second-order valence-corrected chi connectivity index (χ2v) is 7.95. The molecule has 0 aliphatic carbocycles. The van der Waals surface area contributed by atoms with Crippen LogP contribution in [-0.4, -0.2) is 36.0 Å². The Bertz CT molecular complexity index is 995. The molecule has 0 saturated carbocycles. The molecule has 1 N–H and O–H groups in total. The topological polar surface area (TPSA) is 80.5 Å². The molecule has 1 amide bonds. The Morgan fingerprint density at radius 2 is 1.96 bits per heavy atom. The standard InChI is InChI=1S/C18H19N3O3S/c1-14-8-10-21-13-16(20-17(21)12-14)18(22)19-9-5-11-25(23,24)15-6-3-2-4-7-15/h2-4,6-8,10,12-13H,5,9,11H2,1H3,(H,19,22). The number of aryl methyl sites for hydroxylation is 1. The molecule has 3 aromatic rings. The van der Waals surface area contributed by atoms with Gasteiger partial charge >= 0.3 is 0 Å². The number of hydrogen-bond donors (Lipinski definition) is 1. The Morgan fingerprint density at radius 3 is 2.72 bits per heavy atom. The van der Waals surface area contributed by atoms with Crippen molar-refractivity contribution in [2.75, 3.05) is 12.3 Å².